The summed E-state index contributed by atoms with van der Waals surface area (Å²) >= 11 is 1.45. The molecule has 30 heavy (non-hydrogen) atoms. The molecule has 1 aliphatic rings. The highest BCUT2D eigenvalue weighted by Gasteiger charge is 2.31. The van der Waals surface area contributed by atoms with Crippen molar-refractivity contribution in [1.82, 2.24) is 30.6 Å². The van der Waals surface area contributed by atoms with Gasteiger partial charge in [0.2, 0.25) is 0 Å². The maximum absolute atomic E-state index is 14.9. The lowest BCUT2D eigenvalue weighted by atomic mass is 10.0. The van der Waals surface area contributed by atoms with Crippen molar-refractivity contribution in [2.45, 2.75) is 45.3 Å². The number of hydrogen-bond acceptors (Lipinski definition) is 7. The topological polar surface area (TPSA) is 95.9 Å². The summed E-state index contributed by atoms with van der Waals surface area (Å²) in [4.78, 5) is 14.0. The van der Waals surface area contributed by atoms with Gasteiger partial charge in [0.15, 0.2) is 5.82 Å². The SMILES string of the molecule is [2H]C([2H])([2H])C(N[C@H]1CCN(C(=O)Nc2cc3cc(-c4nnc(C)s4)ccc3nn2)C[C@@H]1F)C([2H])([2H])[2H]. The van der Waals surface area contributed by atoms with E-state index in [9.17, 15) is 9.18 Å². The fourth-order valence-corrected chi connectivity index (χ4v) is 4.02. The van der Waals surface area contributed by atoms with E-state index in [4.69, 9.17) is 8.22 Å². The summed E-state index contributed by atoms with van der Waals surface area (Å²) in [6, 6.07) is 3.69. The molecule has 2 N–H and O–H groups in total. The van der Waals surface area contributed by atoms with Crippen molar-refractivity contribution in [2.24, 2.45) is 0 Å². The van der Waals surface area contributed by atoms with Gasteiger partial charge in [0.1, 0.15) is 16.2 Å². The van der Waals surface area contributed by atoms with Crippen LogP contribution >= 0.6 is 11.3 Å². The number of fused-ring (bicyclic) bond motifs is 1. The molecule has 0 spiro atoms. The number of halogens is 1. The fraction of sp³-hybridized carbons (Fsp3) is 0.450. The number of anilines is 1. The monoisotopic (exact) mass is 435 g/mol. The van der Waals surface area contributed by atoms with Gasteiger partial charge in [-0.3, -0.25) is 5.32 Å². The molecule has 0 aliphatic carbocycles. The van der Waals surface area contributed by atoms with Crippen molar-refractivity contribution < 1.29 is 17.4 Å². The minimum atomic E-state index is -2.83. The van der Waals surface area contributed by atoms with Crippen LogP contribution in [0.25, 0.3) is 21.5 Å². The van der Waals surface area contributed by atoms with Crippen LogP contribution in [0.2, 0.25) is 0 Å². The second-order valence-corrected chi connectivity index (χ2v) is 8.20. The number of piperidine rings is 1. The predicted octanol–water partition coefficient (Wildman–Crippen LogP) is 3.40. The molecule has 0 radical (unpaired) electrons. The van der Waals surface area contributed by atoms with Crippen LogP contribution in [0.5, 0.6) is 0 Å². The van der Waals surface area contributed by atoms with Crippen molar-refractivity contribution in [2.75, 3.05) is 18.4 Å². The molecular formula is C20H24FN7OS. The molecule has 1 saturated heterocycles. The number of alkyl halides is 1. The first kappa shape index (κ1) is 14.3. The molecule has 2 aromatic heterocycles. The van der Waals surface area contributed by atoms with Gasteiger partial charge in [0.25, 0.3) is 0 Å². The maximum atomic E-state index is 14.9. The van der Waals surface area contributed by atoms with Gasteiger partial charge in [-0.05, 0) is 37.6 Å². The smallest absolute Gasteiger partial charge is 0.321 e. The van der Waals surface area contributed by atoms with Crippen molar-refractivity contribution in [1.29, 1.82) is 0 Å². The summed E-state index contributed by atoms with van der Waals surface area (Å²) < 4.78 is 59.7. The van der Waals surface area contributed by atoms with E-state index in [2.05, 4.69) is 31.0 Å². The molecule has 2 atom stereocenters. The van der Waals surface area contributed by atoms with Gasteiger partial charge in [0, 0.05) is 37.8 Å². The molecule has 2 amide bonds. The van der Waals surface area contributed by atoms with E-state index in [1.165, 1.54) is 16.2 Å². The summed E-state index contributed by atoms with van der Waals surface area (Å²) in [5, 5.41) is 23.7. The lowest BCUT2D eigenvalue weighted by Gasteiger charge is -2.35. The van der Waals surface area contributed by atoms with Crippen LogP contribution in [0.1, 0.15) is 33.4 Å². The zero-order valence-corrected chi connectivity index (χ0v) is 16.9. The van der Waals surface area contributed by atoms with Crippen LogP contribution < -0.4 is 10.6 Å². The number of rotatable bonds is 4. The van der Waals surface area contributed by atoms with Gasteiger partial charge in [-0.2, -0.15) is 0 Å². The third kappa shape index (κ3) is 4.54. The summed E-state index contributed by atoms with van der Waals surface area (Å²) in [5.41, 5.74) is 1.47. The number of amides is 2. The molecule has 1 aliphatic heterocycles. The third-order valence-corrected chi connectivity index (χ3v) is 5.69. The minimum Gasteiger partial charge on any atom is -0.321 e. The second-order valence-electron chi connectivity index (χ2n) is 7.02. The summed E-state index contributed by atoms with van der Waals surface area (Å²) in [7, 11) is 0. The number of aryl methyl sites for hydroxylation is 1. The minimum absolute atomic E-state index is 0.0469. The Labute approximate surface area is 186 Å². The van der Waals surface area contributed by atoms with E-state index >= 15 is 0 Å². The molecular weight excluding hydrogens is 405 g/mol. The highest BCUT2D eigenvalue weighted by Crippen LogP contribution is 2.27. The first-order valence-electron chi connectivity index (χ1n) is 12.4. The summed E-state index contributed by atoms with van der Waals surface area (Å²) in [6.45, 7) is -4.03. The van der Waals surface area contributed by atoms with E-state index in [0.29, 0.717) is 5.52 Å². The Balaban J connectivity index is 1.41. The normalized spacial score (nSPS) is 23.2. The number of carbonyl (C=O) groups is 1. The molecule has 0 saturated carbocycles. The second kappa shape index (κ2) is 8.57. The highest BCUT2D eigenvalue weighted by molar-refractivity contribution is 7.14. The van der Waals surface area contributed by atoms with E-state index in [-0.39, 0.29) is 25.3 Å². The Bertz CT molecular complexity index is 1240. The van der Waals surface area contributed by atoms with Crippen LogP contribution in [0.4, 0.5) is 15.0 Å². The van der Waals surface area contributed by atoms with Crippen LogP contribution in [0.3, 0.4) is 0 Å². The number of nitrogens with one attached hydrogen (secondary N) is 2. The number of benzene rings is 1. The Morgan fingerprint density at radius 3 is 2.90 bits per heavy atom. The van der Waals surface area contributed by atoms with Gasteiger partial charge in [-0.25, -0.2) is 9.18 Å². The summed E-state index contributed by atoms with van der Waals surface area (Å²) in [5.74, 6) is 0.179. The van der Waals surface area contributed by atoms with Gasteiger partial charge >= 0.3 is 6.03 Å². The Morgan fingerprint density at radius 2 is 2.17 bits per heavy atom. The van der Waals surface area contributed by atoms with Crippen LogP contribution in [0, 0.1) is 6.92 Å². The molecule has 3 aromatic rings. The number of aromatic nitrogens is 4. The largest absolute Gasteiger partial charge is 0.323 e. The highest BCUT2D eigenvalue weighted by atomic mass is 32.1. The van der Waals surface area contributed by atoms with Crippen molar-refractivity contribution in [3.63, 3.8) is 0 Å². The number of hydrogen-bond donors (Lipinski definition) is 2. The maximum Gasteiger partial charge on any atom is 0.323 e. The van der Waals surface area contributed by atoms with E-state index in [0.717, 1.165) is 21.0 Å². The lowest BCUT2D eigenvalue weighted by Crippen LogP contribution is -2.54. The average Bonchev–Trinajstić information content (AvgIpc) is 3.22. The predicted molar refractivity (Wildman–Crippen MR) is 115 cm³/mol. The quantitative estimate of drug-likeness (QED) is 0.652. The molecule has 1 aromatic carbocycles. The molecule has 3 heterocycles. The standard InChI is InChI=1S/C20H24FN7OS/c1-11(2)22-17-6-7-28(10-15(17)21)20(29)23-18-9-14-8-13(4-5-16(14)25-26-18)19-27-24-12(3)30-19/h4-5,8-9,11,15,17,22H,6-7,10H2,1-3H3,(H,23,26,29)/t15-,17-/m0/s1/i1D3,2D3. The van der Waals surface area contributed by atoms with Crippen LogP contribution in [-0.4, -0.2) is 62.7 Å². The van der Waals surface area contributed by atoms with Gasteiger partial charge < -0.3 is 10.2 Å². The van der Waals surface area contributed by atoms with Gasteiger partial charge in [0.05, 0.1) is 12.1 Å². The van der Waals surface area contributed by atoms with Crippen LogP contribution in [0.15, 0.2) is 24.3 Å². The molecule has 0 bridgehead atoms. The molecule has 0 unspecified atom stereocenters. The Hall–Kier alpha value is -2.72. The average molecular weight is 436 g/mol. The Kier molecular flexibility index (Phi) is 4.09. The van der Waals surface area contributed by atoms with Crippen molar-refractivity contribution in [3.05, 3.63) is 29.3 Å². The first-order valence-corrected chi connectivity index (χ1v) is 10.2. The zero-order valence-electron chi connectivity index (χ0n) is 22.1. The molecule has 4 rings (SSSR count). The molecule has 1 fully saturated rings. The number of nitrogens with zero attached hydrogens (tertiary/aromatic N) is 5. The van der Waals surface area contributed by atoms with Crippen LogP contribution in [-0.2, 0) is 0 Å². The van der Waals surface area contributed by atoms with E-state index in [1.54, 1.807) is 12.1 Å². The van der Waals surface area contributed by atoms with Gasteiger partial charge in [-0.1, -0.05) is 25.0 Å². The van der Waals surface area contributed by atoms with E-state index < -0.39 is 38.0 Å². The number of urea groups is 1. The molecule has 158 valence electrons. The first-order chi connectivity index (χ1) is 16.8. The number of carbonyl (C=O) groups excluding carboxylic acids is 1. The van der Waals surface area contributed by atoms with E-state index in [1.807, 2.05) is 19.1 Å². The third-order valence-electron chi connectivity index (χ3n) is 4.80. The summed E-state index contributed by atoms with van der Waals surface area (Å²) in [6.07, 6.45) is -1.61. The molecule has 8 nitrogen and oxygen atoms in total. The molecule has 10 heteroatoms. The van der Waals surface area contributed by atoms with Crippen molar-refractivity contribution >= 4 is 34.1 Å². The lowest BCUT2D eigenvalue weighted by molar-refractivity contribution is 0.119. The fourth-order valence-electron chi connectivity index (χ4n) is 3.33. The van der Waals surface area contributed by atoms with Gasteiger partial charge in [-0.15, -0.1) is 20.4 Å². The number of likely N-dealkylation sites (tertiary alicyclic amines) is 1. The zero-order chi connectivity index (χ0) is 26.3. The Morgan fingerprint density at radius 1 is 1.30 bits per heavy atom. The van der Waals surface area contributed by atoms with Crippen molar-refractivity contribution in [3.8, 4) is 10.6 Å².